The van der Waals surface area contributed by atoms with Gasteiger partial charge in [0.25, 0.3) is 0 Å². The molecule has 0 radical (unpaired) electrons. The van der Waals surface area contributed by atoms with Crippen LogP contribution in [0.3, 0.4) is 0 Å². The van der Waals surface area contributed by atoms with Gasteiger partial charge in [-0.2, -0.15) is 5.10 Å². The van der Waals surface area contributed by atoms with E-state index in [9.17, 15) is 0 Å². The first kappa shape index (κ1) is 15.4. The Balaban J connectivity index is 2.59. The lowest BCUT2D eigenvalue weighted by Crippen LogP contribution is -2.15. The molecule has 0 aromatic carbocycles. The van der Waals surface area contributed by atoms with Gasteiger partial charge in [0.2, 0.25) is 0 Å². The molecule has 2 rings (SSSR count). The molecule has 0 N–H and O–H groups in total. The molecule has 0 spiro atoms. The van der Waals surface area contributed by atoms with Gasteiger partial charge in [0.1, 0.15) is 11.3 Å². The van der Waals surface area contributed by atoms with Gasteiger partial charge in [-0.05, 0) is 33.1 Å². The highest BCUT2D eigenvalue weighted by Gasteiger charge is 2.21. The fourth-order valence-corrected chi connectivity index (χ4v) is 3.14. The zero-order chi connectivity index (χ0) is 14.9. The normalized spacial score (nSPS) is 13.6. The molecule has 2 heterocycles. The van der Waals surface area contributed by atoms with Crippen LogP contribution in [-0.4, -0.2) is 25.2 Å². The summed E-state index contributed by atoms with van der Waals surface area (Å²) in [7, 11) is 0. The number of halogens is 1. The molecule has 2 aromatic rings. The lowest BCUT2D eigenvalue weighted by atomic mass is 10.0. The van der Waals surface area contributed by atoms with Gasteiger partial charge in [-0.3, -0.25) is 0 Å². The van der Waals surface area contributed by atoms with E-state index in [-0.39, 0.29) is 0 Å². The lowest BCUT2D eigenvalue weighted by molar-refractivity contribution is 0.420. The van der Waals surface area contributed by atoms with Crippen molar-refractivity contribution in [2.75, 3.05) is 5.88 Å². The van der Waals surface area contributed by atoms with Crippen molar-refractivity contribution in [3.05, 3.63) is 11.5 Å². The second-order valence-corrected chi connectivity index (χ2v) is 6.27. The monoisotopic (exact) mass is 296 g/mol. The van der Waals surface area contributed by atoms with Gasteiger partial charge in [0.15, 0.2) is 5.65 Å². The van der Waals surface area contributed by atoms with Gasteiger partial charge in [0, 0.05) is 24.9 Å². The first-order valence-electron chi connectivity index (χ1n) is 7.49. The predicted octanol–water partition coefficient (Wildman–Crippen LogP) is 3.95. The summed E-state index contributed by atoms with van der Waals surface area (Å²) < 4.78 is 4.41. The summed E-state index contributed by atoms with van der Waals surface area (Å²) in [5.74, 6) is 2.35. The van der Waals surface area contributed by atoms with Crippen molar-refractivity contribution in [2.24, 2.45) is 5.92 Å². The molecular formula is C15H25ClN4. The SMILES string of the molecule is CCn1nc(C)c2nc(CCCl)n(C(C)CC(C)C)c21. The van der Waals surface area contributed by atoms with E-state index in [1.165, 1.54) is 0 Å². The van der Waals surface area contributed by atoms with E-state index < -0.39 is 0 Å². The van der Waals surface area contributed by atoms with Gasteiger partial charge in [-0.1, -0.05) is 13.8 Å². The third kappa shape index (κ3) is 2.71. The van der Waals surface area contributed by atoms with E-state index in [1.807, 2.05) is 6.92 Å². The molecule has 112 valence electrons. The van der Waals surface area contributed by atoms with Crippen LogP contribution in [0.25, 0.3) is 11.2 Å². The fourth-order valence-electron chi connectivity index (χ4n) is 2.97. The molecule has 4 nitrogen and oxygen atoms in total. The van der Waals surface area contributed by atoms with E-state index in [4.69, 9.17) is 16.6 Å². The zero-order valence-electron chi connectivity index (χ0n) is 13.1. The Bertz CT molecular complexity index is 582. The van der Waals surface area contributed by atoms with Crippen LogP contribution in [0.2, 0.25) is 0 Å². The number of rotatable bonds is 6. The Morgan fingerprint density at radius 1 is 1.25 bits per heavy atom. The third-order valence-corrected chi connectivity index (χ3v) is 3.88. The van der Waals surface area contributed by atoms with Crippen molar-refractivity contribution in [3.63, 3.8) is 0 Å². The van der Waals surface area contributed by atoms with E-state index in [0.29, 0.717) is 17.8 Å². The molecule has 5 heteroatoms. The smallest absolute Gasteiger partial charge is 0.159 e. The highest BCUT2D eigenvalue weighted by molar-refractivity contribution is 6.17. The minimum Gasteiger partial charge on any atom is -0.310 e. The summed E-state index contributed by atoms with van der Waals surface area (Å²) in [5.41, 5.74) is 3.19. The summed E-state index contributed by atoms with van der Waals surface area (Å²) in [5, 5.41) is 4.59. The second kappa shape index (κ2) is 6.17. The zero-order valence-corrected chi connectivity index (χ0v) is 13.9. The topological polar surface area (TPSA) is 35.6 Å². The molecule has 0 aliphatic heterocycles. The van der Waals surface area contributed by atoms with Crippen molar-refractivity contribution in [1.29, 1.82) is 0 Å². The maximum Gasteiger partial charge on any atom is 0.159 e. The highest BCUT2D eigenvalue weighted by atomic mass is 35.5. The fraction of sp³-hybridized carbons (Fsp3) is 0.733. The number of nitrogens with zero attached hydrogens (tertiary/aromatic N) is 4. The van der Waals surface area contributed by atoms with Crippen LogP contribution in [0.15, 0.2) is 0 Å². The van der Waals surface area contributed by atoms with Gasteiger partial charge in [-0.15, -0.1) is 11.6 Å². The lowest BCUT2D eigenvalue weighted by Gasteiger charge is -2.19. The molecule has 0 bridgehead atoms. The third-order valence-electron chi connectivity index (χ3n) is 3.69. The number of alkyl halides is 1. The van der Waals surface area contributed by atoms with Gasteiger partial charge in [-0.25, -0.2) is 9.67 Å². The Morgan fingerprint density at radius 2 is 1.95 bits per heavy atom. The van der Waals surface area contributed by atoms with Crippen LogP contribution in [0.1, 0.15) is 51.7 Å². The molecule has 2 aromatic heterocycles. The van der Waals surface area contributed by atoms with Crippen molar-refractivity contribution in [1.82, 2.24) is 19.3 Å². The first-order valence-corrected chi connectivity index (χ1v) is 8.03. The molecule has 0 saturated heterocycles. The maximum atomic E-state index is 5.95. The first-order chi connectivity index (χ1) is 9.49. The highest BCUT2D eigenvalue weighted by Crippen LogP contribution is 2.27. The Morgan fingerprint density at radius 3 is 2.50 bits per heavy atom. The molecule has 20 heavy (non-hydrogen) atoms. The average molecular weight is 297 g/mol. The van der Waals surface area contributed by atoms with Crippen LogP contribution >= 0.6 is 11.6 Å². The van der Waals surface area contributed by atoms with Gasteiger partial charge in [0.05, 0.1) is 5.69 Å². The summed E-state index contributed by atoms with van der Waals surface area (Å²) in [4.78, 5) is 4.79. The molecule has 0 fully saturated rings. The van der Waals surface area contributed by atoms with Crippen molar-refractivity contribution >= 4 is 22.8 Å². The number of hydrogen-bond donors (Lipinski definition) is 0. The largest absolute Gasteiger partial charge is 0.310 e. The summed E-state index contributed by atoms with van der Waals surface area (Å²) in [6.45, 7) is 11.8. The van der Waals surface area contributed by atoms with E-state index in [0.717, 1.165) is 42.1 Å². The minimum absolute atomic E-state index is 0.416. The van der Waals surface area contributed by atoms with Crippen LogP contribution in [0.4, 0.5) is 0 Å². The molecule has 0 aliphatic carbocycles. The Kier molecular flexibility index (Phi) is 4.74. The van der Waals surface area contributed by atoms with Gasteiger partial charge < -0.3 is 4.57 Å². The predicted molar refractivity (Wildman–Crippen MR) is 84.5 cm³/mol. The summed E-state index contributed by atoms with van der Waals surface area (Å²) in [6, 6.07) is 0.416. The quantitative estimate of drug-likeness (QED) is 0.757. The van der Waals surface area contributed by atoms with Crippen molar-refractivity contribution in [2.45, 2.75) is 60.0 Å². The standard InChI is InChI=1S/C15H25ClN4/c1-6-19-15-14(12(5)18-19)17-13(7-8-16)20(15)11(4)9-10(2)3/h10-11H,6-9H2,1-5H3. The Labute approximate surface area is 126 Å². The van der Waals surface area contributed by atoms with Crippen molar-refractivity contribution < 1.29 is 0 Å². The molecule has 0 aliphatic rings. The van der Waals surface area contributed by atoms with Gasteiger partial charge >= 0.3 is 0 Å². The van der Waals surface area contributed by atoms with E-state index in [2.05, 4.69) is 42.0 Å². The van der Waals surface area contributed by atoms with Crippen LogP contribution in [0, 0.1) is 12.8 Å². The number of fused-ring (bicyclic) bond motifs is 1. The molecule has 1 unspecified atom stereocenters. The molecule has 0 saturated carbocycles. The summed E-state index contributed by atoms with van der Waals surface area (Å²) >= 11 is 5.95. The minimum atomic E-state index is 0.416. The number of aromatic nitrogens is 4. The average Bonchev–Trinajstić information content (AvgIpc) is 2.87. The van der Waals surface area contributed by atoms with Crippen LogP contribution < -0.4 is 0 Å². The van der Waals surface area contributed by atoms with Crippen LogP contribution in [-0.2, 0) is 13.0 Å². The van der Waals surface area contributed by atoms with E-state index in [1.54, 1.807) is 0 Å². The van der Waals surface area contributed by atoms with E-state index >= 15 is 0 Å². The number of hydrogen-bond acceptors (Lipinski definition) is 2. The molecule has 1 atom stereocenters. The number of imidazole rings is 1. The maximum absolute atomic E-state index is 5.95. The molecular weight excluding hydrogens is 272 g/mol. The summed E-state index contributed by atoms with van der Waals surface area (Å²) in [6.07, 6.45) is 1.94. The Hall–Kier alpha value is -1.03. The second-order valence-electron chi connectivity index (χ2n) is 5.89. The van der Waals surface area contributed by atoms with Crippen LogP contribution in [0.5, 0.6) is 0 Å². The molecule has 0 amide bonds. The number of aryl methyl sites for hydroxylation is 3. The van der Waals surface area contributed by atoms with Crippen molar-refractivity contribution in [3.8, 4) is 0 Å².